The van der Waals surface area contributed by atoms with Gasteiger partial charge < -0.3 is 15.8 Å². The van der Waals surface area contributed by atoms with Crippen LogP contribution in [0.2, 0.25) is 0 Å². The summed E-state index contributed by atoms with van der Waals surface area (Å²) < 4.78 is 41.6. The Kier molecular flexibility index (Phi) is 4.19. The number of halogens is 3. The van der Waals surface area contributed by atoms with Gasteiger partial charge in [0.1, 0.15) is 5.82 Å². The van der Waals surface area contributed by atoms with Crippen LogP contribution in [-0.2, 0) is 4.74 Å². The molecule has 0 amide bonds. The maximum atomic E-state index is 13.3. The Labute approximate surface area is 95.6 Å². The molecular weight excluding hydrogens is 237 g/mol. The first-order valence-electron chi connectivity index (χ1n) is 4.65. The Morgan fingerprint density at radius 1 is 1.53 bits per heavy atom. The van der Waals surface area contributed by atoms with E-state index >= 15 is 0 Å². The molecule has 0 saturated heterocycles. The molecule has 0 saturated carbocycles. The average molecular weight is 248 g/mol. The van der Waals surface area contributed by atoms with Crippen LogP contribution in [0.4, 0.5) is 24.5 Å². The predicted octanol–water partition coefficient (Wildman–Crippen LogP) is 1.87. The summed E-state index contributed by atoms with van der Waals surface area (Å²) >= 11 is 0. The molecular formula is C10H11F3N2O2. The average Bonchev–Trinajstić information content (AvgIpc) is 2.26. The van der Waals surface area contributed by atoms with Gasteiger partial charge in [0, 0.05) is 5.69 Å². The van der Waals surface area contributed by atoms with E-state index in [4.69, 9.17) is 5.73 Å². The van der Waals surface area contributed by atoms with Crippen LogP contribution < -0.4 is 11.1 Å². The molecule has 3 N–H and O–H groups in total. The number of alkyl halides is 2. The van der Waals surface area contributed by atoms with Crippen LogP contribution in [0.15, 0.2) is 12.1 Å². The van der Waals surface area contributed by atoms with E-state index in [2.05, 4.69) is 10.1 Å². The summed E-state index contributed by atoms with van der Waals surface area (Å²) in [5, 5.41) is 2.17. The number of ether oxygens (including phenoxy) is 1. The highest BCUT2D eigenvalue weighted by molar-refractivity contribution is 5.96. The van der Waals surface area contributed by atoms with E-state index in [1.54, 1.807) is 0 Å². The lowest BCUT2D eigenvalue weighted by molar-refractivity contribution is 0.0602. The van der Waals surface area contributed by atoms with Gasteiger partial charge in [-0.25, -0.2) is 18.0 Å². The largest absolute Gasteiger partial charge is 0.465 e. The predicted molar refractivity (Wildman–Crippen MR) is 56.6 cm³/mol. The molecule has 0 bridgehead atoms. The first-order chi connectivity index (χ1) is 7.95. The number of esters is 1. The molecule has 0 aliphatic carbocycles. The highest BCUT2D eigenvalue weighted by Crippen LogP contribution is 2.23. The zero-order valence-corrected chi connectivity index (χ0v) is 8.97. The van der Waals surface area contributed by atoms with Gasteiger partial charge in [-0.2, -0.15) is 0 Å². The summed E-state index contributed by atoms with van der Waals surface area (Å²) in [5.74, 6) is -1.57. The van der Waals surface area contributed by atoms with Crippen LogP contribution in [-0.4, -0.2) is 26.0 Å². The molecule has 17 heavy (non-hydrogen) atoms. The highest BCUT2D eigenvalue weighted by Gasteiger charge is 2.15. The molecule has 0 aromatic heterocycles. The SMILES string of the molecule is COC(=O)c1cc(NCC(F)F)c(F)cc1N. The maximum Gasteiger partial charge on any atom is 0.340 e. The van der Waals surface area contributed by atoms with Gasteiger partial charge in [-0.3, -0.25) is 0 Å². The van der Waals surface area contributed by atoms with Gasteiger partial charge in [0.15, 0.2) is 0 Å². The van der Waals surface area contributed by atoms with Gasteiger partial charge >= 0.3 is 5.97 Å². The van der Waals surface area contributed by atoms with E-state index in [1.807, 2.05) is 0 Å². The van der Waals surface area contributed by atoms with Crippen molar-refractivity contribution in [2.45, 2.75) is 6.43 Å². The number of nitrogens with one attached hydrogen (secondary N) is 1. The van der Waals surface area contributed by atoms with Crippen molar-refractivity contribution in [1.29, 1.82) is 0 Å². The molecule has 0 atom stereocenters. The minimum atomic E-state index is -2.63. The zero-order chi connectivity index (χ0) is 13.0. The second-order valence-corrected chi connectivity index (χ2v) is 3.18. The molecule has 0 spiro atoms. The number of methoxy groups -OCH3 is 1. The van der Waals surface area contributed by atoms with Crippen LogP contribution in [0.5, 0.6) is 0 Å². The van der Waals surface area contributed by atoms with E-state index in [0.29, 0.717) is 0 Å². The molecule has 0 heterocycles. The van der Waals surface area contributed by atoms with Crippen molar-refractivity contribution in [2.75, 3.05) is 24.7 Å². The molecule has 0 aliphatic rings. The number of carbonyl (C=O) groups excluding carboxylic acids is 1. The Hall–Kier alpha value is -1.92. The van der Waals surface area contributed by atoms with Crippen LogP contribution in [0.25, 0.3) is 0 Å². The first-order valence-corrected chi connectivity index (χ1v) is 4.65. The van der Waals surface area contributed by atoms with E-state index in [1.165, 1.54) is 0 Å². The summed E-state index contributed by atoms with van der Waals surface area (Å²) in [4.78, 5) is 11.2. The standard InChI is InChI=1S/C10H11F3N2O2/c1-17-10(16)5-2-8(15-4-9(12)13)6(11)3-7(5)14/h2-3,9,15H,4,14H2,1H3. The smallest absolute Gasteiger partial charge is 0.340 e. The fraction of sp³-hybridized carbons (Fsp3) is 0.300. The van der Waals surface area contributed by atoms with Crippen molar-refractivity contribution in [3.8, 4) is 0 Å². The van der Waals surface area contributed by atoms with Crippen LogP contribution in [0.1, 0.15) is 10.4 Å². The molecule has 0 unspecified atom stereocenters. The number of rotatable bonds is 4. The molecule has 4 nitrogen and oxygen atoms in total. The maximum absolute atomic E-state index is 13.3. The molecule has 1 rings (SSSR count). The van der Waals surface area contributed by atoms with Crippen molar-refractivity contribution < 1.29 is 22.7 Å². The Morgan fingerprint density at radius 2 is 2.18 bits per heavy atom. The quantitative estimate of drug-likeness (QED) is 0.630. The molecule has 1 aromatic carbocycles. The van der Waals surface area contributed by atoms with Gasteiger partial charge in [-0.1, -0.05) is 0 Å². The highest BCUT2D eigenvalue weighted by atomic mass is 19.3. The van der Waals surface area contributed by atoms with Crippen molar-refractivity contribution in [1.82, 2.24) is 0 Å². The number of carbonyl (C=O) groups is 1. The summed E-state index contributed by atoms with van der Waals surface area (Å²) in [5.41, 5.74) is 4.99. The number of hydrogen-bond acceptors (Lipinski definition) is 4. The fourth-order valence-electron chi connectivity index (χ4n) is 1.20. The molecule has 7 heteroatoms. The lowest BCUT2D eigenvalue weighted by Gasteiger charge is -2.10. The van der Waals surface area contributed by atoms with Crippen molar-refractivity contribution in [3.05, 3.63) is 23.5 Å². The van der Waals surface area contributed by atoms with E-state index in [-0.39, 0.29) is 16.9 Å². The summed E-state index contributed by atoms with van der Waals surface area (Å²) in [6.07, 6.45) is -2.63. The molecule has 0 radical (unpaired) electrons. The third-order valence-electron chi connectivity index (χ3n) is 1.99. The second kappa shape index (κ2) is 5.42. The number of anilines is 2. The number of nitrogen functional groups attached to an aromatic ring is 1. The third-order valence-corrected chi connectivity index (χ3v) is 1.99. The van der Waals surface area contributed by atoms with Crippen LogP contribution >= 0.6 is 0 Å². The van der Waals surface area contributed by atoms with E-state index in [0.717, 1.165) is 19.2 Å². The third kappa shape index (κ3) is 3.27. The first kappa shape index (κ1) is 13.1. The normalized spacial score (nSPS) is 10.4. The lowest BCUT2D eigenvalue weighted by Crippen LogP contribution is -2.13. The minimum absolute atomic E-state index is 0.0781. The Balaban J connectivity index is 3.01. The number of benzene rings is 1. The monoisotopic (exact) mass is 248 g/mol. The van der Waals surface area contributed by atoms with E-state index < -0.39 is 24.8 Å². The summed E-state index contributed by atoms with van der Waals surface area (Å²) in [6, 6.07) is 1.92. The number of nitrogens with two attached hydrogens (primary N) is 1. The van der Waals surface area contributed by atoms with E-state index in [9.17, 15) is 18.0 Å². The van der Waals surface area contributed by atoms with Crippen molar-refractivity contribution in [2.24, 2.45) is 0 Å². The van der Waals surface area contributed by atoms with Gasteiger partial charge in [0.2, 0.25) is 0 Å². The minimum Gasteiger partial charge on any atom is -0.465 e. The topological polar surface area (TPSA) is 64.3 Å². The molecule has 0 aliphatic heterocycles. The van der Waals surface area contributed by atoms with Gasteiger partial charge in [0.25, 0.3) is 6.43 Å². The van der Waals surface area contributed by atoms with Crippen LogP contribution in [0.3, 0.4) is 0 Å². The molecule has 1 aromatic rings. The van der Waals surface area contributed by atoms with Gasteiger partial charge in [-0.15, -0.1) is 0 Å². The lowest BCUT2D eigenvalue weighted by atomic mass is 10.1. The van der Waals surface area contributed by atoms with Gasteiger partial charge in [0.05, 0.1) is 24.9 Å². The number of hydrogen-bond donors (Lipinski definition) is 2. The van der Waals surface area contributed by atoms with Crippen LogP contribution in [0, 0.1) is 5.82 Å². The van der Waals surface area contributed by atoms with Crippen molar-refractivity contribution >= 4 is 17.3 Å². The summed E-state index contributed by atoms with van der Waals surface area (Å²) in [7, 11) is 1.14. The second-order valence-electron chi connectivity index (χ2n) is 3.18. The zero-order valence-electron chi connectivity index (χ0n) is 8.97. The molecule has 0 fully saturated rings. The Bertz CT molecular complexity index is 424. The fourth-order valence-corrected chi connectivity index (χ4v) is 1.20. The summed E-state index contributed by atoms with van der Waals surface area (Å²) in [6.45, 7) is -0.721. The van der Waals surface area contributed by atoms with Gasteiger partial charge in [-0.05, 0) is 12.1 Å². The molecule has 94 valence electrons. The van der Waals surface area contributed by atoms with Crippen molar-refractivity contribution in [3.63, 3.8) is 0 Å². The Morgan fingerprint density at radius 3 is 2.71 bits per heavy atom.